The average Bonchev–Trinajstić information content (AvgIpc) is 2.94. The summed E-state index contributed by atoms with van der Waals surface area (Å²) >= 11 is 0. The van der Waals surface area contributed by atoms with Crippen LogP contribution in [0.1, 0.15) is 27.0 Å². The Hall–Kier alpha value is -2.82. The first-order chi connectivity index (χ1) is 10.6. The van der Waals surface area contributed by atoms with Crippen molar-refractivity contribution in [3.8, 4) is 11.5 Å². The molecule has 5 heteroatoms. The quantitative estimate of drug-likeness (QED) is 0.700. The van der Waals surface area contributed by atoms with Crippen molar-refractivity contribution in [1.82, 2.24) is 5.43 Å². The van der Waals surface area contributed by atoms with Gasteiger partial charge in [0.25, 0.3) is 5.91 Å². The van der Waals surface area contributed by atoms with Crippen molar-refractivity contribution in [3.05, 3.63) is 58.7 Å². The van der Waals surface area contributed by atoms with E-state index in [0.717, 1.165) is 22.4 Å². The monoisotopic (exact) mass is 296 g/mol. The molecule has 2 aromatic rings. The Morgan fingerprint density at radius 3 is 2.77 bits per heavy atom. The van der Waals surface area contributed by atoms with Gasteiger partial charge in [0.15, 0.2) is 11.5 Å². The van der Waals surface area contributed by atoms with Gasteiger partial charge in [0.05, 0.1) is 6.21 Å². The number of hydrazone groups is 1. The highest BCUT2D eigenvalue weighted by Crippen LogP contribution is 2.31. The van der Waals surface area contributed by atoms with Crippen LogP contribution in [0.4, 0.5) is 0 Å². The molecule has 3 rings (SSSR count). The van der Waals surface area contributed by atoms with E-state index in [9.17, 15) is 4.79 Å². The molecule has 112 valence electrons. The minimum absolute atomic E-state index is 0.227. The summed E-state index contributed by atoms with van der Waals surface area (Å²) in [4.78, 5) is 12.1. The third-order valence-corrected chi connectivity index (χ3v) is 3.40. The molecule has 0 fully saturated rings. The maximum atomic E-state index is 12.1. The van der Waals surface area contributed by atoms with Gasteiger partial charge in [0.1, 0.15) is 0 Å². The van der Waals surface area contributed by atoms with E-state index in [1.165, 1.54) is 0 Å². The SMILES string of the molecule is Cc1ccc(C(=O)N/N=C/c2ccc3c(c2)OCO3)c(C)c1. The fourth-order valence-corrected chi connectivity index (χ4v) is 2.29. The van der Waals surface area contributed by atoms with Crippen LogP contribution in [0.2, 0.25) is 0 Å². The first kappa shape index (κ1) is 14.1. The molecule has 0 bridgehead atoms. The Kier molecular flexibility index (Phi) is 3.78. The molecule has 1 amide bonds. The van der Waals surface area contributed by atoms with E-state index in [4.69, 9.17) is 9.47 Å². The number of carbonyl (C=O) groups is 1. The van der Waals surface area contributed by atoms with Crippen molar-refractivity contribution < 1.29 is 14.3 Å². The van der Waals surface area contributed by atoms with Crippen LogP contribution in [0, 0.1) is 13.8 Å². The van der Waals surface area contributed by atoms with Gasteiger partial charge in [-0.3, -0.25) is 4.79 Å². The lowest BCUT2D eigenvalue weighted by Crippen LogP contribution is -2.18. The average molecular weight is 296 g/mol. The smallest absolute Gasteiger partial charge is 0.271 e. The van der Waals surface area contributed by atoms with Crippen LogP contribution in [-0.4, -0.2) is 18.9 Å². The second-order valence-electron chi connectivity index (χ2n) is 5.13. The normalized spacial score (nSPS) is 12.6. The molecule has 0 atom stereocenters. The van der Waals surface area contributed by atoms with E-state index in [2.05, 4.69) is 10.5 Å². The summed E-state index contributed by atoms with van der Waals surface area (Å²) < 4.78 is 10.5. The lowest BCUT2D eigenvalue weighted by molar-refractivity contribution is 0.0954. The molecule has 0 spiro atoms. The molecule has 0 saturated carbocycles. The van der Waals surface area contributed by atoms with E-state index >= 15 is 0 Å². The largest absolute Gasteiger partial charge is 0.454 e. The molecule has 1 heterocycles. The van der Waals surface area contributed by atoms with Crippen LogP contribution < -0.4 is 14.9 Å². The highest BCUT2D eigenvalue weighted by Gasteiger charge is 2.12. The Bertz CT molecular complexity index is 754. The molecule has 0 saturated heterocycles. The number of ether oxygens (including phenoxy) is 2. The maximum absolute atomic E-state index is 12.1. The zero-order valence-corrected chi connectivity index (χ0v) is 12.4. The molecule has 0 aliphatic carbocycles. The Morgan fingerprint density at radius 1 is 1.14 bits per heavy atom. The Labute approximate surface area is 128 Å². The van der Waals surface area contributed by atoms with Crippen LogP contribution in [0.5, 0.6) is 11.5 Å². The minimum Gasteiger partial charge on any atom is -0.454 e. The van der Waals surface area contributed by atoms with Crippen LogP contribution >= 0.6 is 0 Å². The third kappa shape index (κ3) is 2.93. The van der Waals surface area contributed by atoms with Crippen LogP contribution in [0.15, 0.2) is 41.5 Å². The molecule has 0 aromatic heterocycles. The van der Waals surface area contributed by atoms with E-state index < -0.39 is 0 Å². The van der Waals surface area contributed by atoms with Gasteiger partial charge in [-0.05, 0) is 49.2 Å². The zero-order chi connectivity index (χ0) is 15.5. The van der Waals surface area contributed by atoms with Gasteiger partial charge < -0.3 is 9.47 Å². The molecule has 1 N–H and O–H groups in total. The van der Waals surface area contributed by atoms with Crippen molar-refractivity contribution in [1.29, 1.82) is 0 Å². The van der Waals surface area contributed by atoms with Gasteiger partial charge in [-0.25, -0.2) is 5.43 Å². The number of aryl methyl sites for hydroxylation is 2. The number of nitrogens with zero attached hydrogens (tertiary/aromatic N) is 1. The minimum atomic E-state index is -0.227. The lowest BCUT2D eigenvalue weighted by atomic mass is 10.1. The molecular weight excluding hydrogens is 280 g/mol. The van der Waals surface area contributed by atoms with Crippen molar-refractivity contribution in [2.45, 2.75) is 13.8 Å². The van der Waals surface area contributed by atoms with Crippen LogP contribution in [-0.2, 0) is 0 Å². The number of fused-ring (bicyclic) bond motifs is 1. The first-order valence-electron chi connectivity index (χ1n) is 6.94. The zero-order valence-electron chi connectivity index (χ0n) is 12.4. The maximum Gasteiger partial charge on any atom is 0.271 e. The predicted octanol–water partition coefficient (Wildman–Crippen LogP) is 2.80. The number of benzene rings is 2. The summed E-state index contributed by atoms with van der Waals surface area (Å²) in [7, 11) is 0. The van der Waals surface area contributed by atoms with Gasteiger partial charge in [-0.2, -0.15) is 5.10 Å². The van der Waals surface area contributed by atoms with Gasteiger partial charge >= 0.3 is 0 Å². The fourth-order valence-electron chi connectivity index (χ4n) is 2.29. The van der Waals surface area contributed by atoms with E-state index in [-0.39, 0.29) is 12.7 Å². The van der Waals surface area contributed by atoms with Gasteiger partial charge in [0.2, 0.25) is 6.79 Å². The summed E-state index contributed by atoms with van der Waals surface area (Å²) in [6.45, 7) is 4.13. The number of hydrogen-bond donors (Lipinski definition) is 1. The van der Waals surface area contributed by atoms with Gasteiger partial charge in [0, 0.05) is 5.56 Å². The number of hydrogen-bond acceptors (Lipinski definition) is 4. The fraction of sp³-hybridized carbons (Fsp3) is 0.176. The number of rotatable bonds is 3. The first-order valence-corrected chi connectivity index (χ1v) is 6.94. The molecule has 2 aromatic carbocycles. The highest BCUT2D eigenvalue weighted by molar-refractivity contribution is 5.96. The van der Waals surface area contributed by atoms with Crippen LogP contribution in [0.25, 0.3) is 0 Å². The predicted molar refractivity (Wildman–Crippen MR) is 83.5 cm³/mol. The molecule has 1 aliphatic rings. The van der Waals surface area contributed by atoms with E-state index in [0.29, 0.717) is 11.3 Å². The van der Waals surface area contributed by atoms with E-state index in [1.54, 1.807) is 12.3 Å². The number of carbonyl (C=O) groups excluding carboxylic acids is 1. The summed E-state index contributed by atoms with van der Waals surface area (Å²) in [6.07, 6.45) is 1.57. The summed E-state index contributed by atoms with van der Waals surface area (Å²) in [5, 5.41) is 3.99. The number of amides is 1. The summed E-state index contributed by atoms with van der Waals surface area (Å²) in [6, 6.07) is 11.2. The van der Waals surface area contributed by atoms with Crippen molar-refractivity contribution in [3.63, 3.8) is 0 Å². The van der Waals surface area contributed by atoms with Crippen molar-refractivity contribution >= 4 is 12.1 Å². The molecule has 22 heavy (non-hydrogen) atoms. The Morgan fingerprint density at radius 2 is 1.95 bits per heavy atom. The third-order valence-electron chi connectivity index (χ3n) is 3.40. The lowest BCUT2D eigenvalue weighted by Gasteiger charge is -2.05. The summed E-state index contributed by atoms with van der Waals surface area (Å²) in [5.41, 5.74) is 6.03. The van der Waals surface area contributed by atoms with Crippen molar-refractivity contribution in [2.24, 2.45) is 5.10 Å². The van der Waals surface area contributed by atoms with Crippen molar-refractivity contribution in [2.75, 3.05) is 6.79 Å². The van der Waals surface area contributed by atoms with Gasteiger partial charge in [-0.15, -0.1) is 0 Å². The molecular formula is C17H16N2O3. The standard InChI is InChI=1S/C17H16N2O3/c1-11-3-5-14(12(2)7-11)17(20)19-18-9-13-4-6-15-16(8-13)22-10-21-15/h3-9H,10H2,1-2H3,(H,19,20)/b18-9+. The second kappa shape index (κ2) is 5.89. The number of nitrogens with one attached hydrogen (secondary N) is 1. The van der Waals surface area contributed by atoms with Gasteiger partial charge in [-0.1, -0.05) is 17.7 Å². The second-order valence-corrected chi connectivity index (χ2v) is 5.13. The topological polar surface area (TPSA) is 59.9 Å². The molecule has 0 radical (unpaired) electrons. The van der Waals surface area contributed by atoms with E-state index in [1.807, 2.05) is 44.2 Å². The Balaban J connectivity index is 1.68. The highest BCUT2D eigenvalue weighted by atomic mass is 16.7. The molecule has 5 nitrogen and oxygen atoms in total. The van der Waals surface area contributed by atoms with Crippen LogP contribution in [0.3, 0.4) is 0 Å². The molecule has 1 aliphatic heterocycles. The summed E-state index contributed by atoms with van der Waals surface area (Å²) in [5.74, 6) is 1.18. The molecule has 0 unspecified atom stereocenters.